The Bertz CT molecular complexity index is 895. The van der Waals surface area contributed by atoms with Crippen LogP contribution in [0.2, 0.25) is 10.2 Å². The van der Waals surface area contributed by atoms with Gasteiger partial charge in [-0.05, 0) is 36.2 Å². The van der Waals surface area contributed by atoms with Crippen molar-refractivity contribution in [1.82, 2.24) is 15.2 Å². The van der Waals surface area contributed by atoms with E-state index in [2.05, 4.69) is 20.9 Å². The van der Waals surface area contributed by atoms with Gasteiger partial charge in [-0.2, -0.15) is 0 Å². The zero-order valence-corrected chi connectivity index (χ0v) is 17.3. The number of nitrogens with zero attached hydrogens (tertiary/aromatic N) is 2. The highest BCUT2D eigenvalue weighted by molar-refractivity contribution is 6.41. The van der Waals surface area contributed by atoms with Crippen molar-refractivity contribution in [3.8, 4) is 5.75 Å². The average Bonchev–Trinajstić information content (AvgIpc) is 2.94. The lowest BCUT2D eigenvalue weighted by atomic mass is 10.0. The molecule has 0 unspecified atom stereocenters. The number of fused-ring (bicyclic) bond motifs is 1. The number of guanidine groups is 1. The van der Waals surface area contributed by atoms with Crippen molar-refractivity contribution in [1.29, 1.82) is 0 Å². The number of nitrogens with one attached hydrogen (secondary N) is 3. The lowest BCUT2D eigenvalue weighted by Gasteiger charge is -2.18. The van der Waals surface area contributed by atoms with E-state index >= 15 is 0 Å². The lowest BCUT2D eigenvalue weighted by Crippen LogP contribution is -2.39. The molecule has 0 spiro atoms. The molecule has 1 aliphatic rings. The van der Waals surface area contributed by atoms with Crippen LogP contribution in [0.3, 0.4) is 0 Å². The smallest absolute Gasteiger partial charge is 0.224 e. The Labute approximate surface area is 174 Å². The second-order valence-electron chi connectivity index (χ2n) is 6.40. The SMILES string of the molecule is CN=C(NCCOc1ccc2c(c1)CCC(=O)N2)NCc1cc(Cl)c(Cl)n1C. The number of hydrogen-bond acceptors (Lipinski definition) is 3. The van der Waals surface area contributed by atoms with Crippen LogP contribution in [0.4, 0.5) is 5.69 Å². The topological polar surface area (TPSA) is 79.7 Å². The Kier molecular flexibility index (Phi) is 6.70. The summed E-state index contributed by atoms with van der Waals surface area (Å²) in [5.74, 6) is 1.50. The van der Waals surface area contributed by atoms with Crippen molar-refractivity contribution >= 4 is 40.8 Å². The Morgan fingerprint density at radius 1 is 1.29 bits per heavy atom. The van der Waals surface area contributed by atoms with E-state index in [1.807, 2.05) is 35.9 Å². The Hall–Kier alpha value is -2.38. The van der Waals surface area contributed by atoms with Crippen LogP contribution in [0.5, 0.6) is 5.75 Å². The number of carbonyl (C=O) groups is 1. The summed E-state index contributed by atoms with van der Waals surface area (Å²) in [5.41, 5.74) is 2.92. The van der Waals surface area contributed by atoms with Crippen LogP contribution in [-0.4, -0.2) is 36.6 Å². The number of aryl methyl sites for hydroxylation is 1. The number of hydrogen-bond donors (Lipinski definition) is 3. The molecule has 1 aromatic heterocycles. The predicted octanol–water partition coefficient (Wildman–Crippen LogP) is 2.96. The highest BCUT2D eigenvalue weighted by atomic mass is 35.5. The van der Waals surface area contributed by atoms with Crippen molar-refractivity contribution in [2.24, 2.45) is 12.0 Å². The van der Waals surface area contributed by atoms with Gasteiger partial charge in [0.15, 0.2) is 5.96 Å². The largest absolute Gasteiger partial charge is 0.492 e. The van der Waals surface area contributed by atoms with Crippen LogP contribution in [0, 0.1) is 0 Å². The predicted molar refractivity (Wildman–Crippen MR) is 113 cm³/mol. The molecule has 9 heteroatoms. The molecule has 150 valence electrons. The molecular weight excluding hydrogens is 401 g/mol. The summed E-state index contributed by atoms with van der Waals surface area (Å²) in [6, 6.07) is 7.54. The highest BCUT2D eigenvalue weighted by Gasteiger charge is 2.15. The fourth-order valence-electron chi connectivity index (χ4n) is 2.94. The van der Waals surface area contributed by atoms with Crippen LogP contribution >= 0.6 is 23.2 Å². The Morgan fingerprint density at radius 3 is 2.82 bits per heavy atom. The van der Waals surface area contributed by atoms with Crippen molar-refractivity contribution in [2.75, 3.05) is 25.5 Å². The van der Waals surface area contributed by atoms with Crippen LogP contribution in [0.1, 0.15) is 17.7 Å². The van der Waals surface area contributed by atoms with E-state index in [0.717, 1.165) is 29.1 Å². The maximum absolute atomic E-state index is 11.4. The molecule has 0 fully saturated rings. The number of carbonyl (C=O) groups excluding carboxylic acids is 1. The third-order valence-corrected chi connectivity index (χ3v) is 5.35. The summed E-state index contributed by atoms with van der Waals surface area (Å²) in [7, 11) is 3.57. The molecule has 0 saturated heterocycles. The van der Waals surface area contributed by atoms with Gasteiger partial charge < -0.3 is 25.3 Å². The maximum atomic E-state index is 11.4. The number of benzene rings is 1. The van der Waals surface area contributed by atoms with Gasteiger partial charge in [-0.1, -0.05) is 23.2 Å². The molecule has 0 aliphatic carbocycles. The van der Waals surface area contributed by atoms with Crippen LogP contribution in [-0.2, 0) is 24.8 Å². The molecule has 7 nitrogen and oxygen atoms in total. The minimum absolute atomic E-state index is 0.0594. The van der Waals surface area contributed by atoms with E-state index in [1.165, 1.54) is 0 Å². The highest BCUT2D eigenvalue weighted by Crippen LogP contribution is 2.27. The van der Waals surface area contributed by atoms with Crippen molar-refractivity contribution in [2.45, 2.75) is 19.4 Å². The number of ether oxygens (including phenoxy) is 1. The van der Waals surface area contributed by atoms with Gasteiger partial charge in [0.1, 0.15) is 17.5 Å². The fourth-order valence-corrected chi connectivity index (χ4v) is 3.36. The van der Waals surface area contributed by atoms with Crippen LogP contribution in [0.25, 0.3) is 0 Å². The third-order valence-electron chi connectivity index (χ3n) is 4.51. The monoisotopic (exact) mass is 423 g/mol. The van der Waals surface area contributed by atoms with Gasteiger partial charge in [-0.3, -0.25) is 9.79 Å². The third kappa shape index (κ3) is 4.91. The molecule has 3 N–H and O–H groups in total. The second-order valence-corrected chi connectivity index (χ2v) is 7.17. The fraction of sp³-hybridized carbons (Fsp3) is 0.368. The number of halogens is 2. The zero-order valence-electron chi connectivity index (χ0n) is 15.8. The molecule has 0 saturated carbocycles. The van der Waals surface area contributed by atoms with Gasteiger partial charge in [-0.15, -0.1) is 0 Å². The molecule has 0 atom stereocenters. The standard InChI is InChI=1S/C19H23Cl2N5O2/c1-22-19(24-11-13-10-15(20)18(21)26(13)2)23-7-8-28-14-4-5-16-12(9-14)3-6-17(27)25-16/h4-5,9-10H,3,6-8,11H2,1-2H3,(H,25,27)(H2,22,23,24). The summed E-state index contributed by atoms with van der Waals surface area (Å²) < 4.78 is 7.62. The van der Waals surface area contributed by atoms with E-state index < -0.39 is 0 Å². The first-order valence-corrected chi connectivity index (χ1v) is 9.73. The van der Waals surface area contributed by atoms with Gasteiger partial charge >= 0.3 is 0 Å². The molecule has 1 aromatic carbocycles. The Morgan fingerprint density at radius 2 is 2.11 bits per heavy atom. The molecule has 0 bridgehead atoms. The second kappa shape index (κ2) is 9.21. The zero-order chi connectivity index (χ0) is 20.1. The molecule has 1 amide bonds. The van der Waals surface area contributed by atoms with Crippen LogP contribution < -0.4 is 20.7 Å². The summed E-state index contributed by atoms with van der Waals surface area (Å²) in [5, 5.41) is 10.3. The summed E-state index contributed by atoms with van der Waals surface area (Å²) >= 11 is 12.1. The minimum atomic E-state index is 0.0594. The van der Waals surface area contributed by atoms with Crippen molar-refractivity contribution in [3.05, 3.63) is 45.7 Å². The molecule has 1 aliphatic heterocycles. The van der Waals surface area contributed by atoms with Gasteiger partial charge in [0, 0.05) is 31.9 Å². The first kappa shape index (κ1) is 20.4. The normalized spacial score (nSPS) is 13.7. The summed E-state index contributed by atoms with van der Waals surface area (Å²) in [4.78, 5) is 15.6. The summed E-state index contributed by atoms with van der Waals surface area (Å²) in [6.45, 7) is 1.61. The minimum Gasteiger partial charge on any atom is -0.492 e. The van der Waals surface area contributed by atoms with E-state index in [0.29, 0.717) is 42.3 Å². The van der Waals surface area contributed by atoms with Gasteiger partial charge in [0.05, 0.1) is 18.1 Å². The number of anilines is 1. The lowest BCUT2D eigenvalue weighted by molar-refractivity contribution is -0.116. The van der Waals surface area contributed by atoms with Crippen molar-refractivity contribution in [3.63, 3.8) is 0 Å². The molecule has 28 heavy (non-hydrogen) atoms. The number of rotatable bonds is 6. The average molecular weight is 424 g/mol. The van der Waals surface area contributed by atoms with E-state index in [1.54, 1.807) is 7.05 Å². The van der Waals surface area contributed by atoms with E-state index in [9.17, 15) is 4.79 Å². The first-order chi connectivity index (χ1) is 13.5. The molecule has 0 radical (unpaired) electrons. The number of aromatic nitrogens is 1. The first-order valence-electron chi connectivity index (χ1n) is 8.97. The Balaban J connectivity index is 1.43. The quantitative estimate of drug-likeness (QED) is 0.379. The maximum Gasteiger partial charge on any atom is 0.224 e. The number of amides is 1. The van der Waals surface area contributed by atoms with Crippen LogP contribution in [0.15, 0.2) is 29.3 Å². The number of aliphatic imine (C=N–C) groups is 1. The molecule has 2 heterocycles. The van der Waals surface area contributed by atoms with Gasteiger partial charge in [0.2, 0.25) is 5.91 Å². The van der Waals surface area contributed by atoms with E-state index in [4.69, 9.17) is 27.9 Å². The molecule has 3 rings (SSSR count). The van der Waals surface area contributed by atoms with Gasteiger partial charge in [0.25, 0.3) is 0 Å². The summed E-state index contributed by atoms with van der Waals surface area (Å²) in [6.07, 6.45) is 1.25. The van der Waals surface area contributed by atoms with Gasteiger partial charge in [-0.25, -0.2) is 0 Å². The molecule has 2 aromatic rings. The molecular formula is C19H23Cl2N5O2. The van der Waals surface area contributed by atoms with E-state index in [-0.39, 0.29) is 5.91 Å². The van der Waals surface area contributed by atoms with Crippen molar-refractivity contribution < 1.29 is 9.53 Å².